The third-order valence-corrected chi connectivity index (χ3v) is 11.2. The number of carbonyl (C=O) groups excluding carboxylic acids is 2. The van der Waals surface area contributed by atoms with E-state index in [4.69, 9.17) is 14.5 Å². The number of carbonyl (C=O) groups is 2. The van der Waals surface area contributed by atoms with Crippen molar-refractivity contribution in [2.45, 2.75) is 77.2 Å². The van der Waals surface area contributed by atoms with Crippen molar-refractivity contribution in [1.82, 2.24) is 10.3 Å². The van der Waals surface area contributed by atoms with Gasteiger partial charge < -0.3 is 30.3 Å². The molecule has 5 atom stereocenters. The Hall–Kier alpha value is -2.69. The Balaban J connectivity index is 1.35. The molecule has 0 saturated heterocycles. The second-order valence-corrected chi connectivity index (χ2v) is 13.6. The predicted molar refractivity (Wildman–Crippen MR) is 157 cm³/mol. The van der Waals surface area contributed by atoms with Gasteiger partial charge in [0, 0.05) is 35.1 Å². The number of nitrogens with zero attached hydrogens (tertiary/aromatic N) is 1. The van der Waals surface area contributed by atoms with E-state index in [1.165, 1.54) is 11.3 Å². The predicted octanol–water partition coefficient (Wildman–Crippen LogP) is 4.06. The van der Waals surface area contributed by atoms with E-state index in [2.05, 4.69) is 17.6 Å². The van der Waals surface area contributed by atoms with Gasteiger partial charge in [0.15, 0.2) is 16.6 Å². The zero-order chi connectivity index (χ0) is 29.4. The van der Waals surface area contributed by atoms with Crippen molar-refractivity contribution in [2.75, 3.05) is 32.7 Å². The lowest BCUT2D eigenvalue weighted by Crippen LogP contribution is -2.57. The number of aliphatic hydroxyl groups excluding tert-OH is 2. The summed E-state index contributed by atoms with van der Waals surface area (Å²) in [6, 6.07) is 5.74. The maximum Gasteiger partial charge on any atom is 0.229 e. The Kier molecular flexibility index (Phi) is 8.64. The fraction of sp³-hybridized carbons (Fsp3) is 0.645. The molecule has 0 bridgehead atoms. The normalized spacial score (nSPS) is 29.1. The highest BCUT2D eigenvalue weighted by atomic mass is 32.1. The standard InChI is InChI=1S/C31H43N3O6S/c1-30-12-10-25(36)31(2,17-35)24(30)16-23-27(33-29(41-23)34-28(38)19-6-5-7-19)20(30)15-26(37)32-13-11-18-8-9-21(39-3)22(14-18)40-4/h8-9,14,19-20,24-25,35-36H,5-7,10-13,15-17H2,1-4H3,(H,32,37)(H,33,34,38). The van der Waals surface area contributed by atoms with Crippen molar-refractivity contribution in [1.29, 1.82) is 0 Å². The largest absolute Gasteiger partial charge is 0.493 e. The Morgan fingerprint density at radius 2 is 1.90 bits per heavy atom. The molecule has 1 heterocycles. The van der Waals surface area contributed by atoms with Gasteiger partial charge in [-0.25, -0.2) is 4.98 Å². The van der Waals surface area contributed by atoms with E-state index in [0.717, 1.165) is 41.8 Å². The SMILES string of the molecule is COc1ccc(CCNC(=O)CC2c3nc(NC(=O)C4CCC4)sc3CC3C(C)(CO)C(O)CCC23C)cc1OC. The van der Waals surface area contributed by atoms with Crippen molar-refractivity contribution in [2.24, 2.45) is 22.7 Å². The van der Waals surface area contributed by atoms with Crippen LogP contribution in [0, 0.1) is 22.7 Å². The minimum Gasteiger partial charge on any atom is -0.493 e. The fourth-order valence-electron chi connectivity index (χ4n) is 7.22. The monoisotopic (exact) mass is 585 g/mol. The molecule has 41 heavy (non-hydrogen) atoms. The van der Waals surface area contributed by atoms with Crippen molar-refractivity contribution >= 4 is 28.3 Å². The molecule has 0 radical (unpaired) electrons. The number of fused-ring (bicyclic) bond motifs is 2. The van der Waals surface area contributed by atoms with Gasteiger partial charge in [-0.15, -0.1) is 11.3 Å². The summed E-state index contributed by atoms with van der Waals surface area (Å²) in [5.41, 5.74) is 0.880. The van der Waals surface area contributed by atoms with Gasteiger partial charge >= 0.3 is 0 Å². The first-order valence-electron chi connectivity index (χ1n) is 14.7. The number of aliphatic hydroxyl groups is 2. The van der Waals surface area contributed by atoms with Crippen LogP contribution in [-0.4, -0.2) is 60.5 Å². The zero-order valence-electron chi connectivity index (χ0n) is 24.5. The Bertz CT molecular complexity index is 1280. The van der Waals surface area contributed by atoms with Crippen LogP contribution in [0.1, 0.15) is 74.4 Å². The van der Waals surface area contributed by atoms with Gasteiger partial charge in [-0.1, -0.05) is 26.3 Å². The van der Waals surface area contributed by atoms with Crippen molar-refractivity contribution in [3.05, 3.63) is 34.3 Å². The van der Waals surface area contributed by atoms with E-state index in [9.17, 15) is 19.8 Å². The molecule has 9 nitrogen and oxygen atoms in total. The van der Waals surface area contributed by atoms with Gasteiger partial charge in [-0.3, -0.25) is 9.59 Å². The first kappa shape index (κ1) is 29.8. The average Bonchev–Trinajstić information content (AvgIpc) is 3.32. The number of hydrogen-bond donors (Lipinski definition) is 4. The Morgan fingerprint density at radius 1 is 1.15 bits per heavy atom. The molecular weight excluding hydrogens is 542 g/mol. The van der Waals surface area contributed by atoms with E-state index in [1.54, 1.807) is 14.2 Å². The lowest BCUT2D eigenvalue weighted by atomic mass is 9.47. The zero-order valence-corrected chi connectivity index (χ0v) is 25.3. The van der Waals surface area contributed by atoms with E-state index < -0.39 is 11.5 Å². The van der Waals surface area contributed by atoms with Crippen LogP contribution >= 0.6 is 11.3 Å². The number of amides is 2. The van der Waals surface area contributed by atoms with Gasteiger partial charge in [0.05, 0.1) is 32.6 Å². The molecule has 1 aromatic heterocycles. The molecule has 2 amide bonds. The highest BCUT2D eigenvalue weighted by molar-refractivity contribution is 7.15. The summed E-state index contributed by atoms with van der Waals surface area (Å²) in [5, 5.41) is 28.2. The summed E-state index contributed by atoms with van der Waals surface area (Å²) in [6.07, 6.45) is 5.14. The fourth-order valence-corrected chi connectivity index (χ4v) is 8.29. The van der Waals surface area contributed by atoms with Crippen LogP contribution in [0.3, 0.4) is 0 Å². The highest BCUT2D eigenvalue weighted by Crippen LogP contribution is 2.62. The van der Waals surface area contributed by atoms with E-state index >= 15 is 0 Å². The summed E-state index contributed by atoms with van der Waals surface area (Å²) in [5.74, 6) is 1.10. The van der Waals surface area contributed by atoms with Crippen LogP contribution in [0.2, 0.25) is 0 Å². The third-order valence-electron chi connectivity index (χ3n) is 10.2. The van der Waals surface area contributed by atoms with Crippen LogP contribution in [0.25, 0.3) is 0 Å². The van der Waals surface area contributed by atoms with Crippen LogP contribution in [0.4, 0.5) is 5.13 Å². The summed E-state index contributed by atoms with van der Waals surface area (Å²) in [7, 11) is 3.20. The van der Waals surface area contributed by atoms with Gasteiger partial charge in [-0.05, 0) is 67.6 Å². The van der Waals surface area contributed by atoms with E-state index in [-0.39, 0.29) is 48.0 Å². The maximum atomic E-state index is 13.4. The molecule has 224 valence electrons. The van der Waals surface area contributed by atoms with Crippen LogP contribution in [0.15, 0.2) is 18.2 Å². The van der Waals surface area contributed by atoms with Crippen LogP contribution in [-0.2, 0) is 22.4 Å². The molecule has 5 rings (SSSR count). The number of hydrogen-bond acceptors (Lipinski definition) is 8. The lowest BCUT2D eigenvalue weighted by Gasteiger charge is -2.58. The molecule has 4 N–H and O–H groups in total. The summed E-state index contributed by atoms with van der Waals surface area (Å²) < 4.78 is 10.7. The van der Waals surface area contributed by atoms with E-state index in [1.807, 2.05) is 25.1 Å². The van der Waals surface area contributed by atoms with Crippen molar-refractivity contribution in [3.63, 3.8) is 0 Å². The Morgan fingerprint density at radius 3 is 2.56 bits per heavy atom. The third kappa shape index (κ3) is 5.58. The molecule has 2 aromatic rings. The second-order valence-electron chi connectivity index (χ2n) is 12.5. The van der Waals surface area contributed by atoms with Crippen molar-refractivity contribution in [3.8, 4) is 11.5 Å². The summed E-state index contributed by atoms with van der Waals surface area (Å²) in [4.78, 5) is 32.1. The van der Waals surface area contributed by atoms with Gasteiger partial charge in [-0.2, -0.15) is 0 Å². The molecule has 2 fully saturated rings. The summed E-state index contributed by atoms with van der Waals surface area (Å²) in [6.45, 7) is 4.50. The highest BCUT2D eigenvalue weighted by Gasteiger charge is 2.59. The number of rotatable bonds is 10. The number of nitrogens with one attached hydrogen (secondary N) is 2. The minimum absolute atomic E-state index is 0.0195. The topological polar surface area (TPSA) is 130 Å². The minimum atomic E-state index is -0.688. The van der Waals surface area contributed by atoms with Crippen LogP contribution in [0.5, 0.6) is 11.5 Å². The van der Waals surface area contributed by atoms with Crippen molar-refractivity contribution < 1.29 is 29.3 Å². The molecular formula is C31H43N3O6S. The molecule has 1 aromatic carbocycles. The molecule has 0 spiro atoms. The molecule has 0 aliphatic heterocycles. The Labute approximate surface area is 246 Å². The van der Waals surface area contributed by atoms with Crippen LogP contribution < -0.4 is 20.1 Å². The molecule has 3 aliphatic carbocycles. The lowest BCUT2D eigenvalue weighted by molar-refractivity contribution is -0.144. The number of anilines is 1. The number of benzene rings is 1. The smallest absolute Gasteiger partial charge is 0.229 e. The molecule has 3 aliphatic rings. The van der Waals surface area contributed by atoms with Gasteiger partial charge in [0.2, 0.25) is 11.8 Å². The number of methoxy groups -OCH3 is 2. The number of aromatic nitrogens is 1. The van der Waals surface area contributed by atoms with E-state index in [0.29, 0.717) is 42.4 Å². The maximum absolute atomic E-state index is 13.4. The number of thiazole rings is 1. The average molecular weight is 586 g/mol. The number of ether oxygens (including phenoxy) is 2. The summed E-state index contributed by atoms with van der Waals surface area (Å²) >= 11 is 1.47. The molecule has 10 heteroatoms. The first-order valence-corrected chi connectivity index (χ1v) is 15.5. The second kappa shape index (κ2) is 11.9. The van der Waals surface area contributed by atoms with Gasteiger partial charge in [0.25, 0.3) is 0 Å². The first-order chi connectivity index (χ1) is 19.6. The quantitative estimate of drug-likeness (QED) is 0.331. The molecule has 2 saturated carbocycles. The van der Waals surface area contributed by atoms with Gasteiger partial charge in [0.1, 0.15) is 0 Å². The molecule has 5 unspecified atom stereocenters.